The minimum absolute atomic E-state index is 0.531. The second-order valence-electron chi connectivity index (χ2n) is 18.0. The molecule has 12 aromatic rings. The highest BCUT2D eigenvalue weighted by atomic mass is 32.1. The third-order valence-electron chi connectivity index (χ3n) is 14.3. The molecule has 1 aromatic heterocycles. The van der Waals surface area contributed by atoms with Crippen LogP contribution in [0.5, 0.6) is 11.5 Å². The quantitative estimate of drug-likeness (QED) is 0.159. The fraction of sp³-hybridized carbons (Fsp3) is 0.0154. The largest absolute Gasteiger partial charge is 0.457 e. The van der Waals surface area contributed by atoms with Gasteiger partial charge in [-0.25, -0.2) is 0 Å². The number of thiophene rings is 1. The number of anilines is 6. The van der Waals surface area contributed by atoms with Crippen LogP contribution in [-0.4, -0.2) is 0 Å². The minimum Gasteiger partial charge on any atom is -0.457 e. The Kier molecular flexibility index (Phi) is 8.98. The van der Waals surface area contributed by atoms with Crippen molar-refractivity contribution in [1.29, 1.82) is 0 Å². The lowest BCUT2D eigenvalue weighted by molar-refractivity contribution is 0.436. The summed E-state index contributed by atoms with van der Waals surface area (Å²) in [6, 6.07) is 92.6. The molecule has 0 bridgehead atoms. The van der Waals surface area contributed by atoms with Gasteiger partial charge >= 0.3 is 0 Å². The second-order valence-corrected chi connectivity index (χ2v) is 19.1. The van der Waals surface area contributed by atoms with Crippen molar-refractivity contribution in [1.82, 2.24) is 0 Å². The first-order valence-corrected chi connectivity index (χ1v) is 24.4. The number of ether oxygens (including phenoxy) is 1. The summed E-state index contributed by atoms with van der Waals surface area (Å²) in [5.74, 6) is 1.74. The molecule has 0 amide bonds. The Morgan fingerprint density at radius 1 is 0.304 bits per heavy atom. The summed E-state index contributed by atoms with van der Waals surface area (Å²) in [6.07, 6.45) is 0. The number of hydrogen-bond acceptors (Lipinski definition) is 4. The Balaban J connectivity index is 0.901. The lowest BCUT2D eigenvalue weighted by Crippen LogP contribution is -2.32. The molecule has 3 nitrogen and oxygen atoms in total. The molecule has 4 heteroatoms. The van der Waals surface area contributed by atoms with Crippen molar-refractivity contribution in [2.24, 2.45) is 0 Å². The topological polar surface area (TPSA) is 15.7 Å². The standard InChI is InChI=1S/C65H42N2OS/c1-3-17-47(18-4-1)66(48-19-5-2-6-20-48)49-31-27-43(28-32-49)44-29-33-50(34-30-44)67(52-35-37-55-56-39-45-15-7-8-16-46(45)40-63(56)69-64(55)42-52)51-36-38-60-62(41-51)68-61-26-14-13-25-59(61)65(60)57-23-11-9-21-53(57)54-22-10-12-24-58(54)65/h1-42H. The van der Waals surface area contributed by atoms with Gasteiger partial charge in [-0.3, -0.25) is 0 Å². The summed E-state index contributed by atoms with van der Waals surface area (Å²) in [5, 5.41) is 5.09. The normalized spacial score (nSPS) is 12.9. The van der Waals surface area contributed by atoms with E-state index in [1.807, 2.05) is 11.3 Å². The Bertz CT molecular complexity index is 3850. The van der Waals surface area contributed by atoms with E-state index < -0.39 is 5.41 Å². The van der Waals surface area contributed by atoms with Gasteiger partial charge < -0.3 is 14.5 Å². The van der Waals surface area contributed by atoms with Gasteiger partial charge in [-0.1, -0.05) is 164 Å². The molecule has 11 aromatic carbocycles. The van der Waals surface area contributed by atoms with Gasteiger partial charge in [-0.15, -0.1) is 11.3 Å². The van der Waals surface area contributed by atoms with Crippen LogP contribution in [0.4, 0.5) is 34.1 Å². The van der Waals surface area contributed by atoms with E-state index in [-0.39, 0.29) is 0 Å². The third-order valence-corrected chi connectivity index (χ3v) is 15.4. The van der Waals surface area contributed by atoms with Crippen LogP contribution in [0.3, 0.4) is 0 Å². The van der Waals surface area contributed by atoms with E-state index in [4.69, 9.17) is 4.74 Å². The van der Waals surface area contributed by atoms with Crippen LogP contribution in [-0.2, 0) is 5.41 Å². The molecule has 1 aliphatic carbocycles. The zero-order valence-corrected chi connectivity index (χ0v) is 38.3. The Hall–Kier alpha value is -8.70. The van der Waals surface area contributed by atoms with Crippen molar-refractivity contribution in [3.05, 3.63) is 277 Å². The van der Waals surface area contributed by atoms with Crippen molar-refractivity contribution in [3.8, 4) is 33.8 Å². The SMILES string of the molecule is c1ccc(N(c2ccccc2)c2ccc(-c3ccc(N(c4ccc5c(c4)Oc4ccccc4C54c5ccccc5-c5ccccc54)c4ccc5c(c4)sc4cc6ccccc6cc45)cc3)cc2)cc1. The van der Waals surface area contributed by atoms with Crippen molar-refractivity contribution >= 4 is 76.4 Å². The maximum absolute atomic E-state index is 7.04. The zero-order valence-electron chi connectivity index (χ0n) is 37.5. The van der Waals surface area contributed by atoms with E-state index in [1.165, 1.54) is 58.8 Å². The molecule has 0 saturated heterocycles. The van der Waals surface area contributed by atoms with Gasteiger partial charge in [-0.2, -0.15) is 0 Å². The molecule has 1 spiro atoms. The maximum atomic E-state index is 7.04. The van der Waals surface area contributed by atoms with Crippen LogP contribution >= 0.6 is 11.3 Å². The molecule has 324 valence electrons. The molecule has 0 unspecified atom stereocenters. The second kappa shape index (κ2) is 15.7. The fourth-order valence-electron chi connectivity index (χ4n) is 11.2. The van der Waals surface area contributed by atoms with Crippen LogP contribution in [0.15, 0.2) is 255 Å². The molecular formula is C65H42N2OS. The van der Waals surface area contributed by atoms with Crippen LogP contribution in [0.1, 0.15) is 22.3 Å². The highest BCUT2D eigenvalue weighted by Gasteiger charge is 2.51. The maximum Gasteiger partial charge on any atom is 0.134 e. The Morgan fingerprint density at radius 2 is 0.754 bits per heavy atom. The molecule has 0 fully saturated rings. The summed E-state index contributed by atoms with van der Waals surface area (Å²) >= 11 is 1.86. The first kappa shape index (κ1) is 39.5. The Morgan fingerprint density at radius 3 is 1.39 bits per heavy atom. The first-order valence-electron chi connectivity index (χ1n) is 23.6. The van der Waals surface area contributed by atoms with Crippen LogP contribution in [0.2, 0.25) is 0 Å². The molecule has 0 N–H and O–H groups in total. The minimum atomic E-state index is -0.531. The van der Waals surface area contributed by atoms with E-state index in [0.29, 0.717) is 0 Å². The highest BCUT2D eigenvalue weighted by Crippen LogP contribution is 2.62. The third kappa shape index (κ3) is 6.19. The predicted molar refractivity (Wildman–Crippen MR) is 289 cm³/mol. The first-order chi connectivity index (χ1) is 34.2. The molecule has 2 heterocycles. The lowest BCUT2D eigenvalue weighted by Gasteiger charge is -2.40. The van der Waals surface area contributed by atoms with Crippen molar-refractivity contribution < 1.29 is 4.74 Å². The monoisotopic (exact) mass is 898 g/mol. The Labute approximate surface area is 405 Å². The summed E-state index contributed by atoms with van der Waals surface area (Å²) in [7, 11) is 0. The number of para-hydroxylation sites is 3. The smallest absolute Gasteiger partial charge is 0.134 e. The number of benzene rings is 11. The van der Waals surface area contributed by atoms with E-state index in [1.54, 1.807) is 0 Å². The number of rotatable bonds is 7. The van der Waals surface area contributed by atoms with Gasteiger partial charge in [0.1, 0.15) is 11.5 Å². The van der Waals surface area contributed by atoms with Crippen molar-refractivity contribution in [2.75, 3.05) is 9.80 Å². The number of hydrogen-bond donors (Lipinski definition) is 0. The average Bonchev–Trinajstić information content (AvgIpc) is 3.91. The average molecular weight is 899 g/mol. The van der Waals surface area contributed by atoms with E-state index >= 15 is 0 Å². The molecular weight excluding hydrogens is 857 g/mol. The van der Waals surface area contributed by atoms with Crippen molar-refractivity contribution in [2.45, 2.75) is 5.41 Å². The molecule has 2 aliphatic rings. The van der Waals surface area contributed by atoms with E-state index in [2.05, 4.69) is 265 Å². The van der Waals surface area contributed by atoms with Crippen LogP contribution in [0, 0.1) is 0 Å². The molecule has 69 heavy (non-hydrogen) atoms. The molecule has 1 aliphatic heterocycles. The molecule has 0 saturated carbocycles. The highest BCUT2D eigenvalue weighted by molar-refractivity contribution is 7.26. The van der Waals surface area contributed by atoms with E-state index in [0.717, 1.165) is 62.3 Å². The summed E-state index contributed by atoms with van der Waals surface area (Å²) < 4.78 is 9.58. The fourth-order valence-corrected chi connectivity index (χ4v) is 12.4. The van der Waals surface area contributed by atoms with Crippen molar-refractivity contribution in [3.63, 3.8) is 0 Å². The van der Waals surface area contributed by atoms with Gasteiger partial charge in [0.05, 0.1) is 5.41 Å². The van der Waals surface area contributed by atoms with Gasteiger partial charge in [-0.05, 0) is 129 Å². The molecule has 0 atom stereocenters. The predicted octanol–water partition coefficient (Wildman–Crippen LogP) is 18.3. The van der Waals surface area contributed by atoms with Gasteiger partial charge in [0.15, 0.2) is 0 Å². The number of fused-ring (bicyclic) bond motifs is 13. The number of nitrogens with zero attached hydrogens (tertiary/aromatic N) is 2. The van der Waals surface area contributed by atoms with E-state index in [9.17, 15) is 0 Å². The zero-order chi connectivity index (χ0) is 45.5. The summed E-state index contributed by atoms with van der Waals surface area (Å²) in [4.78, 5) is 4.69. The van der Waals surface area contributed by atoms with Gasteiger partial charge in [0.25, 0.3) is 0 Å². The van der Waals surface area contributed by atoms with Gasteiger partial charge in [0, 0.05) is 71.5 Å². The summed E-state index contributed by atoms with van der Waals surface area (Å²) in [6.45, 7) is 0. The molecule has 0 radical (unpaired) electrons. The molecule has 14 rings (SSSR count). The van der Waals surface area contributed by atoms with Crippen LogP contribution in [0.25, 0.3) is 53.2 Å². The van der Waals surface area contributed by atoms with Crippen LogP contribution < -0.4 is 14.5 Å². The lowest BCUT2D eigenvalue weighted by atomic mass is 9.66. The summed E-state index contributed by atoms with van der Waals surface area (Å²) in [5.41, 5.74) is 15.7. The van der Waals surface area contributed by atoms with Gasteiger partial charge in [0.2, 0.25) is 0 Å².